The van der Waals surface area contributed by atoms with Gasteiger partial charge in [-0.25, -0.2) is 4.79 Å². The Morgan fingerprint density at radius 1 is 1.06 bits per heavy atom. The highest BCUT2D eigenvalue weighted by Crippen LogP contribution is 2.33. The molecule has 0 fully saturated rings. The van der Waals surface area contributed by atoms with Crippen LogP contribution in [0.5, 0.6) is 5.75 Å². The minimum absolute atomic E-state index is 0.232. The quantitative estimate of drug-likeness (QED) is 0.401. The predicted octanol–water partition coefficient (Wildman–Crippen LogP) is 4.73. The van der Waals surface area contributed by atoms with Crippen molar-refractivity contribution in [2.75, 3.05) is 7.11 Å². The van der Waals surface area contributed by atoms with Crippen molar-refractivity contribution >= 4 is 18.0 Å². The van der Waals surface area contributed by atoms with Gasteiger partial charge in [-0.2, -0.15) is 0 Å². The zero-order valence-electron chi connectivity index (χ0n) is 17.9. The van der Waals surface area contributed by atoms with Gasteiger partial charge in [0, 0.05) is 5.70 Å². The van der Waals surface area contributed by atoms with Gasteiger partial charge in [0.05, 0.1) is 31.1 Å². The number of rotatable bonds is 7. The summed E-state index contributed by atoms with van der Waals surface area (Å²) in [6.07, 6.45) is 3.24. The van der Waals surface area contributed by atoms with Crippen molar-refractivity contribution in [3.63, 3.8) is 0 Å². The second-order valence-electron chi connectivity index (χ2n) is 7.33. The van der Waals surface area contributed by atoms with Crippen LogP contribution in [0.4, 0.5) is 0 Å². The molecule has 0 radical (unpaired) electrons. The van der Waals surface area contributed by atoms with Gasteiger partial charge in [0.25, 0.3) is 5.91 Å². The van der Waals surface area contributed by atoms with Gasteiger partial charge >= 0.3 is 5.97 Å². The number of amides is 1. The number of hydrogen-bond donors (Lipinski definition) is 0. The molecule has 0 N–H and O–H groups in total. The Morgan fingerprint density at radius 2 is 1.88 bits per heavy atom. The number of methoxy groups -OCH3 is 1. The maximum absolute atomic E-state index is 13.2. The molecule has 0 spiro atoms. The van der Waals surface area contributed by atoms with Crippen molar-refractivity contribution in [2.45, 2.75) is 20.1 Å². The van der Waals surface area contributed by atoms with E-state index in [0.717, 1.165) is 11.1 Å². The Balaban J connectivity index is 1.61. The van der Waals surface area contributed by atoms with E-state index >= 15 is 0 Å². The number of allylic oxidation sites excluding steroid dienone is 1. The van der Waals surface area contributed by atoms with E-state index in [2.05, 4.69) is 0 Å². The molecule has 162 valence electrons. The molecule has 3 aromatic rings. The summed E-state index contributed by atoms with van der Waals surface area (Å²) in [7, 11) is 1.30. The van der Waals surface area contributed by atoms with Gasteiger partial charge in [-0.1, -0.05) is 42.5 Å². The van der Waals surface area contributed by atoms with Gasteiger partial charge in [-0.15, -0.1) is 0 Å². The molecule has 1 amide bonds. The smallest absolute Gasteiger partial charge is 0.340 e. The average molecular weight is 429 g/mol. The van der Waals surface area contributed by atoms with Gasteiger partial charge in [-0.3, -0.25) is 4.79 Å². The lowest BCUT2D eigenvalue weighted by Gasteiger charge is -2.16. The van der Waals surface area contributed by atoms with E-state index in [9.17, 15) is 9.59 Å². The zero-order chi connectivity index (χ0) is 22.5. The molecule has 0 bridgehead atoms. The van der Waals surface area contributed by atoms with Crippen molar-refractivity contribution in [1.82, 2.24) is 4.90 Å². The van der Waals surface area contributed by atoms with Crippen LogP contribution < -0.4 is 4.74 Å². The molecule has 0 saturated heterocycles. The average Bonchev–Trinajstić information content (AvgIpc) is 3.41. The maximum Gasteiger partial charge on any atom is 0.340 e. The number of nitrogens with zero attached hydrogens (tertiary/aromatic N) is 1. The number of carbonyl (C=O) groups is 2. The Hall–Kier alpha value is -4.06. The molecular formula is C26H23NO5. The highest BCUT2D eigenvalue weighted by atomic mass is 16.5. The molecule has 6 nitrogen and oxygen atoms in total. The lowest BCUT2D eigenvalue weighted by atomic mass is 10.0. The molecule has 2 aromatic carbocycles. The van der Waals surface area contributed by atoms with Gasteiger partial charge in [0.1, 0.15) is 18.1 Å². The lowest BCUT2D eigenvalue weighted by molar-refractivity contribution is -0.136. The van der Waals surface area contributed by atoms with Crippen molar-refractivity contribution in [1.29, 1.82) is 0 Å². The van der Waals surface area contributed by atoms with Crippen LogP contribution in [0, 0.1) is 0 Å². The highest BCUT2D eigenvalue weighted by molar-refractivity contribution is 6.16. The molecule has 0 aliphatic carbocycles. The summed E-state index contributed by atoms with van der Waals surface area (Å²) in [6, 6.07) is 20.8. The summed E-state index contributed by atoms with van der Waals surface area (Å²) in [4.78, 5) is 27.2. The topological polar surface area (TPSA) is 69.0 Å². The van der Waals surface area contributed by atoms with E-state index in [4.69, 9.17) is 13.9 Å². The Labute approximate surface area is 186 Å². The molecule has 32 heavy (non-hydrogen) atoms. The predicted molar refractivity (Wildman–Crippen MR) is 119 cm³/mol. The normalized spacial score (nSPS) is 14.9. The largest absolute Gasteiger partial charge is 0.489 e. The van der Waals surface area contributed by atoms with Gasteiger partial charge < -0.3 is 18.8 Å². The van der Waals surface area contributed by atoms with Gasteiger partial charge in [0.15, 0.2) is 0 Å². The Kier molecular flexibility index (Phi) is 6.22. The van der Waals surface area contributed by atoms with Crippen LogP contribution >= 0.6 is 0 Å². The number of ether oxygens (including phenoxy) is 2. The third-order valence-corrected chi connectivity index (χ3v) is 5.21. The van der Waals surface area contributed by atoms with Crippen molar-refractivity contribution in [3.8, 4) is 5.75 Å². The third kappa shape index (κ3) is 4.49. The van der Waals surface area contributed by atoms with Crippen LogP contribution in [-0.4, -0.2) is 23.9 Å². The molecule has 0 unspecified atom stereocenters. The highest BCUT2D eigenvalue weighted by Gasteiger charge is 2.37. The molecule has 1 aromatic heterocycles. The summed E-state index contributed by atoms with van der Waals surface area (Å²) < 4.78 is 16.2. The second-order valence-corrected chi connectivity index (χ2v) is 7.33. The number of carbonyl (C=O) groups excluding carboxylic acids is 2. The molecule has 1 aliphatic heterocycles. The fourth-order valence-corrected chi connectivity index (χ4v) is 3.58. The summed E-state index contributed by atoms with van der Waals surface area (Å²) in [5.41, 5.74) is 2.86. The molecule has 1 aliphatic rings. The molecular weight excluding hydrogens is 406 g/mol. The summed E-state index contributed by atoms with van der Waals surface area (Å²) in [5, 5.41) is 0. The summed E-state index contributed by atoms with van der Waals surface area (Å²) >= 11 is 0. The maximum atomic E-state index is 13.2. The summed E-state index contributed by atoms with van der Waals surface area (Å²) in [5.74, 6) is 0.455. The van der Waals surface area contributed by atoms with Crippen LogP contribution in [0.15, 0.2) is 94.3 Å². The van der Waals surface area contributed by atoms with Crippen LogP contribution in [0.25, 0.3) is 6.08 Å². The van der Waals surface area contributed by atoms with Crippen LogP contribution in [0.1, 0.15) is 23.8 Å². The van der Waals surface area contributed by atoms with Crippen LogP contribution in [0.3, 0.4) is 0 Å². The Morgan fingerprint density at radius 3 is 2.59 bits per heavy atom. The molecule has 6 heteroatoms. The van der Waals surface area contributed by atoms with E-state index in [1.165, 1.54) is 12.0 Å². The molecule has 2 heterocycles. The number of furan rings is 1. The zero-order valence-corrected chi connectivity index (χ0v) is 17.9. The van der Waals surface area contributed by atoms with Crippen molar-refractivity contribution in [3.05, 3.63) is 107 Å². The molecule has 0 atom stereocenters. The van der Waals surface area contributed by atoms with Crippen molar-refractivity contribution < 1.29 is 23.5 Å². The first kappa shape index (κ1) is 21.2. The van der Waals surface area contributed by atoms with Crippen molar-refractivity contribution in [2.24, 2.45) is 0 Å². The van der Waals surface area contributed by atoms with E-state index in [0.29, 0.717) is 23.8 Å². The first-order chi connectivity index (χ1) is 15.6. The SMILES string of the molecule is COC(=O)C1=C(C)N(Cc2ccco2)C(=O)C1=Cc1cccc(OCc2ccccc2)c1. The first-order valence-corrected chi connectivity index (χ1v) is 10.2. The third-order valence-electron chi connectivity index (χ3n) is 5.21. The Bertz CT molecular complexity index is 1180. The molecule has 0 saturated carbocycles. The van der Waals surface area contributed by atoms with Crippen LogP contribution in [0.2, 0.25) is 0 Å². The van der Waals surface area contributed by atoms with Crippen LogP contribution in [-0.2, 0) is 27.5 Å². The number of benzene rings is 2. The molecule has 4 rings (SSSR count). The number of esters is 1. The number of hydrogen-bond acceptors (Lipinski definition) is 5. The van der Waals surface area contributed by atoms with E-state index < -0.39 is 5.97 Å². The minimum Gasteiger partial charge on any atom is -0.489 e. The van der Waals surface area contributed by atoms with E-state index in [1.54, 1.807) is 31.4 Å². The second kappa shape index (κ2) is 9.39. The first-order valence-electron chi connectivity index (χ1n) is 10.2. The lowest BCUT2D eigenvalue weighted by Crippen LogP contribution is -2.24. The fourth-order valence-electron chi connectivity index (χ4n) is 3.58. The fraction of sp³-hybridized carbons (Fsp3) is 0.154. The monoisotopic (exact) mass is 429 g/mol. The van der Waals surface area contributed by atoms with Gasteiger partial charge in [0.2, 0.25) is 0 Å². The van der Waals surface area contributed by atoms with Gasteiger partial charge in [-0.05, 0) is 48.4 Å². The van der Waals surface area contributed by atoms with E-state index in [-0.39, 0.29) is 23.6 Å². The standard InChI is InChI=1S/C26H23NO5/c1-18-24(26(29)30-2)23(25(28)27(18)16-22-12-7-13-31-22)15-20-10-6-11-21(14-20)32-17-19-8-4-3-5-9-19/h3-15H,16-17H2,1-2H3. The minimum atomic E-state index is -0.555. The summed E-state index contributed by atoms with van der Waals surface area (Å²) in [6.45, 7) is 2.40. The van der Waals surface area contributed by atoms with E-state index in [1.807, 2.05) is 54.6 Å².